The molecule has 2 aliphatic rings. The molecule has 0 spiro atoms. The average molecular weight is 466 g/mol. The molecule has 0 radical (unpaired) electrons. The van der Waals surface area contributed by atoms with Crippen LogP contribution in [-0.4, -0.2) is 66.2 Å². The van der Waals surface area contributed by atoms with Crippen molar-refractivity contribution in [3.63, 3.8) is 0 Å². The summed E-state index contributed by atoms with van der Waals surface area (Å²) in [6.45, 7) is -0.675. The smallest absolute Gasteiger partial charge is 0.433 e. The lowest BCUT2D eigenvalue weighted by atomic mass is 10.1. The van der Waals surface area contributed by atoms with Crippen molar-refractivity contribution < 1.29 is 45.8 Å². The quantitative estimate of drug-likeness (QED) is 0.664. The zero-order valence-corrected chi connectivity index (χ0v) is 16.1. The molecule has 14 heteroatoms. The molecule has 2 heterocycles. The largest absolute Gasteiger partial charge is 0.465 e. The Labute approximate surface area is 176 Å². The van der Waals surface area contributed by atoms with Gasteiger partial charge < -0.3 is 25.0 Å². The van der Waals surface area contributed by atoms with E-state index in [0.717, 1.165) is 17.0 Å². The third-order valence-electron chi connectivity index (χ3n) is 5.08. The van der Waals surface area contributed by atoms with Gasteiger partial charge in [-0.25, -0.2) is 4.79 Å². The lowest BCUT2D eigenvalue weighted by Crippen LogP contribution is -2.42. The Kier molecular flexibility index (Phi) is 6.14. The molecule has 2 N–H and O–H groups in total. The Morgan fingerprint density at radius 3 is 2.44 bits per heavy atom. The summed E-state index contributed by atoms with van der Waals surface area (Å²) in [5.74, 6) is -0.832. The van der Waals surface area contributed by atoms with E-state index in [1.54, 1.807) is 0 Å². The number of nitriles is 1. The van der Waals surface area contributed by atoms with Crippen molar-refractivity contribution in [3.8, 4) is 6.07 Å². The van der Waals surface area contributed by atoms with Gasteiger partial charge in [0.05, 0.1) is 29.8 Å². The highest BCUT2D eigenvalue weighted by Crippen LogP contribution is 2.39. The first-order chi connectivity index (χ1) is 14.8. The summed E-state index contributed by atoms with van der Waals surface area (Å²) in [7, 11) is 0. The molecular formula is C18H16F6N4O4. The number of rotatable bonds is 3. The van der Waals surface area contributed by atoms with E-state index in [1.807, 2.05) is 0 Å². The summed E-state index contributed by atoms with van der Waals surface area (Å²) in [6.07, 6.45) is -15.4. The first-order valence-corrected chi connectivity index (χ1v) is 9.19. The molecule has 0 bridgehead atoms. The lowest BCUT2D eigenvalue weighted by molar-refractivity contribution is -0.214. The maximum atomic E-state index is 13.6. The number of ether oxygens (including phenoxy) is 1. The number of benzene rings is 1. The van der Waals surface area contributed by atoms with Gasteiger partial charge in [-0.2, -0.15) is 31.6 Å². The van der Waals surface area contributed by atoms with Gasteiger partial charge in [-0.1, -0.05) is 0 Å². The number of likely N-dealkylation sites (tertiary alicyclic amines) is 1. The van der Waals surface area contributed by atoms with Gasteiger partial charge in [-0.3, -0.25) is 4.79 Å². The highest BCUT2D eigenvalue weighted by Gasteiger charge is 2.53. The zero-order valence-electron chi connectivity index (χ0n) is 16.1. The second kappa shape index (κ2) is 8.38. The van der Waals surface area contributed by atoms with E-state index in [2.05, 4.69) is 5.32 Å². The van der Waals surface area contributed by atoms with Gasteiger partial charge in [0, 0.05) is 18.8 Å². The summed E-state index contributed by atoms with van der Waals surface area (Å²) < 4.78 is 85.3. The summed E-state index contributed by atoms with van der Waals surface area (Å²) in [5.41, 5.74) is -2.68. The highest BCUT2D eigenvalue weighted by molar-refractivity contribution is 5.83. The van der Waals surface area contributed by atoms with Crippen LogP contribution in [0.1, 0.15) is 17.5 Å². The number of anilines is 1. The fourth-order valence-corrected chi connectivity index (χ4v) is 3.68. The molecule has 1 aromatic rings. The molecular weight excluding hydrogens is 450 g/mol. The number of nitrogens with one attached hydrogen (secondary N) is 1. The predicted octanol–water partition coefficient (Wildman–Crippen LogP) is 2.54. The number of carbonyl (C=O) groups is 2. The van der Waals surface area contributed by atoms with Gasteiger partial charge in [-0.15, -0.1) is 0 Å². The first kappa shape index (κ1) is 23.5. The molecule has 8 nitrogen and oxygen atoms in total. The Hall–Kier alpha value is -3.21. The predicted molar refractivity (Wildman–Crippen MR) is 94.4 cm³/mol. The molecule has 2 amide bonds. The van der Waals surface area contributed by atoms with E-state index < -0.39 is 66.1 Å². The van der Waals surface area contributed by atoms with E-state index >= 15 is 0 Å². The van der Waals surface area contributed by atoms with Gasteiger partial charge in [0.1, 0.15) is 0 Å². The molecule has 2 aliphatic heterocycles. The molecule has 0 aliphatic carbocycles. The van der Waals surface area contributed by atoms with Crippen LogP contribution in [-0.2, 0) is 15.7 Å². The Balaban J connectivity index is 1.85. The number of halogens is 6. The van der Waals surface area contributed by atoms with Crippen LogP contribution in [0.4, 0.5) is 36.8 Å². The minimum Gasteiger partial charge on any atom is -0.465 e. The van der Waals surface area contributed by atoms with Crippen LogP contribution >= 0.6 is 0 Å². The fourth-order valence-electron chi connectivity index (χ4n) is 3.68. The van der Waals surface area contributed by atoms with Crippen molar-refractivity contribution in [2.45, 2.75) is 37.1 Å². The molecule has 32 heavy (non-hydrogen) atoms. The number of nitrogens with zero attached hydrogens (tertiary/aromatic N) is 3. The van der Waals surface area contributed by atoms with E-state index in [9.17, 15) is 35.9 Å². The van der Waals surface area contributed by atoms with Crippen LogP contribution in [0.3, 0.4) is 0 Å². The molecule has 0 aromatic heterocycles. The van der Waals surface area contributed by atoms with Gasteiger partial charge >= 0.3 is 18.4 Å². The van der Waals surface area contributed by atoms with Crippen LogP contribution in [0, 0.1) is 11.3 Å². The maximum Gasteiger partial charge on any atom is 0.433 e. The molecule has 3 rings (SSSR count). The number of hydrogen-bond acceptors (Lipinski definition) is 5. The maximum absolute atomic E-state index is 13.6. The van der Waals surface area contributed by atoms with E-state index in [-0.39, 0.29) is 19.5 Å². The third-order valence-corrected chi connectivity index (χ3v) is 5.08. The summed E-state index contributed by atoms with van der Waals surface area (Å²) in [5, 5.41) is 19.8. The van der Waals surface area contributed by atoms with Crippen molar-refractivity contribution in [2.24, 2.45) is 0 Å². The van der Waals surface area contributed by atoms with E-state index in [4.69, 9.17) is 15.1 Å². The molecule has 174 valence electrons. The van der Waals surface area contributed by atoms with Gasteiger partial charge in [-0.05, 0) is 24.6 Å². The third kappa shape index (κ3) is 4.82. The first-order valence-electron chi connectivity index (χ1n) is 9.19. The highest BCUT2D eigenvalue weighted by atomic mass is 19.4. The van der Waals surface area contributed by atoms with Crippen molar-refractivity contribution in [3.05, 3.63) is 29.3 Å². The Morgan fingerprint density at radius 2 is 1.88 bits per heavy atom. The van der Waals surface area contributed by atoms with Crippen LogP contribution in [0.5, 0.6) is 0 Å². The van der Waals surface area contributed by atoms with Crippen molar-refractivity contribution in [1.29, 1.82) is 5.26 Å². The van der Waals surface area contributed by atoms with Crippen molar-refractivity contribution in [1.82, 2.24) is 10.2 Å². The van der Waals surface area contributed by atoms with E-state index in [1.165, 1.54) is 6.07 Å². The monoisotopic (exact) mass is 466 g/mol. The Bertz CT molecular complexity index is 945. The van der Waals surface area contributed by atoms with E-state index in [0.29, 0.717) is 11.0 Å². The molecule has 3 atom stereocenters. The van der Waals surface area contributed by atoms with Crippen LogP contribution in [0.25, 0.3) is 0 Å². The minimum atomic E-state index is -5.03. The molecule has 2 fully saturated rings. The molecule has 0 saturated carbocycles. The minimum absolute atomic E-state index is 0.0727. The van der Waals surface area contributed by atoms with Crippen LogP contribution in [0.2, 0.25) is 0 Å². The zero-order chi connectivity index (χ0) is 23.8. The normalized spacial score (nSPS) is 23.8. The molecule has 2 saturated heterocycles. The molecule has 3 unspecified atom stereocenters. The second-order valence-corrected chi connectivity index (χ2v) is 7.23. The lowest BCUT2D eigenvalue weighted by Gasteiger charge is -2.27. The second-order valence-electron chi connectivity index (χ2n) is 7.23. The molecule has 1 aromatic carbocycles. The van der Waals surface area contributed by atoms with Crippen molar-refractivity contribution >= 4 is 17.7 Å². The van der Waals surface area contributed by atoms with Crippen molar-refractivity contribution in [2.75, 3.05) is 24.5 Å². The topological polar surface area (TPSA) is 106 Å². The summed E-state index contributed by atoms with van der Waals surface area (Å²) in [4.78, 5) is 25.0. The number of amides is 2. The number of carboxylic acid groups (broad SMARTS) is 1. The van der Waals surface area contributed by atoms with Crippen LogP contribution < -0.4 is 10.2 Å². The number of hydrogen-bond donors (Lipinski definition) is 2. The average Bonchev–Trinajstić information content (AvgIpc) is 3.33. The van der Waals surface area contributed by atoms with Gasteiger partial charge in [0.25, 0.3) is 5.91 Å². The fraction of sp³-hybridized carbons (Fsp3) is 0.500. The SMILES string of the molecule is N#Cc1ccc(N2CC(C(=O)N3CCC(NC(=O)O)C3)OC2C(F)(F)F)cc1C(F)(F)F. The number of carbonyl (C=O) groups excluding carboxylic acids is 1. The summed E-state index contributed by atoms with van der Waals surface area (Å²) in [6, 6.07) is 2.83. The summed E-state index contributed by atoms with van der Waals surface area (Å²) >= 11 is 0. The van der Waals surface area contributed by atoms with Gasteiger partial charge in [0.15, 0.2) is 6.10 Å². The van der Waals surface area contributed by atoms with Crippen LogP contribution in [0.15, 0.2) is 18.2 Å². The standard InChI is InChI=1S/C18H16F6N4O4/c19-17(20,21)12-5-11(2-1-9(12)6-25)28-8-13(32-15(28)18(22,23)24)14(29)27-4-3-10(7-27)26-16(30)31/h1-2,5,10,13,15,26H,3-4,7-8H2,(H,30,31). The van der Waals surface area contributed by atoms with Gasteiger partial charge in [0.2, 0.25) is 6.23 Å². The number of alkyl halides is 6. The Morgan fingerprint density at radius 1 is 1.19 bits per heavy atom.